The highest BCUT2D eigenvalue weighted by molar-refractivity contribution is 5.84. The summed E-state index contributed by atoms with van der Waals surface area (Å²) in [6, 6.07) is 5.85. The monoisotopic (exact) mass is 381 g/mol. The maximum Gasteiger partial charge on any atom is 0.303 e. The van der Waals surface area contributed by atoms with E-state index >= 15 is 0 Å². The molecule has 1 aromatic carbocycles. The van der Waals surface area contributed by atoms with Crippen LogP contribution in [0, 0.1) is 24.2 Å². The Labute approximate surface area is 163 Å². The number of aryl methyl sites for hydroxylation is 1. The zero-order chi connectivity index (χ0) is 20.4. The van der Waals surface area contributed by atoms with Gasteiger partial charge in [0, 0.05) is 28.8 Å². The highest BCUT2D eigenvalue weighted by atomic mass is 16.5. The van der Waals surface area contributed by atoms with Gasteiger partial charge in [0.1, 0.15) is 28.9 Å². The topological polar surface area (TPSA) is 118 Å². The molecule has 1 aromatic heterocycles. The van der Waals surface area contributed by atoms with Crippen LogP contribution in [0.15, 0.2) is 12.1 Å². The van der Waals surface area contributed by atoms with Crippen LogP contribution in [0.25, 0.3) is 11.1 Å². The Balaban J connectivity index is 2.27. The van der Waals surface area contributed by atoms with E-state index in [-0.39, 0.29) is 23.7 Å². The molecule has 7 nitrogen and oxygen atoms in total. The van der Waals surface area contributed by atoms with Crippen molar-refractivity contribution in [3.63, 3.8) is 0 Å². The molecule has 0 spiro atoms. The standard InChI is InChI=1S/C21H23N3O4/c1-11-17(27-2)7-5-13(20(11)28-3)19-14-8-12(9-18(25)26)4-6-16(14)24-21(23)15(19)10-22/h5,7,12H,4,6,8-9H2,1-3H3,(H2,23,24)(H,25,26). The van der Waals surface area contributed by atoms with E-state index in [0.29, 0.717) is 29.9 Å². The van der Waals surface area contributed by atoms with Crippen molar-refractivity contribution in [1.82, 2.24) is 4.98 Å². The smallest absolute Gasteiger partial charge is 0.303 e. The SMILES string of the molecule is COc1ccc(-c2c(C#N)c(N)nc3c2CC(CC(=O)O)CC3)c(OC)c1C. The molecule has 0 fully saturated rings. The number of methoxy groups -OCH3 is 2. The van der Waals surface area contributed by atoms with E-state index in [2.05, 4.69) is 11.1 Å². The number of nitrogen functional groups attached to an aromatic ring is 1. The van der Waals surface area contributed by atoms with Gasteiger partial charge in [0.2, 0.25) is 0 Å². The van der Waals surface area contributed by atoms with Crippen molar-refractivity contribution in [3.05, 3.63) is 34.5 Å². The summed E-state index contributed by atoms with van der Waals surface area (Å²) in [6.07, 6.45) is 1.99. The van der Waals surface area contributed by atoms with Crippen LogP contribution in [-0.2, 0) is 17.6 Å². The summed E-state index contributed by atoms with van der Waals surface area (Å²) in [7, 11) is 3.16. The lowest BCUT2D eigenvalue weighted by Gasteiger charge is -2.27. The van der Waals surface area contributed by atoms with Crippen molar-refractivity contribution in [2.45, 2.75) is 32.6 Å². The lowest BCUT2D eigenvalue weighted by atomic mass is 9.79. The van der Waals surface area contributed by atoms with Gasteiger partial charge in [0.05, 0.1) is 14.2 Å². The fraction of sp³-hybridized carbons (Fsp3) is 0.381. The van der Waals surface area contributed by atoms with Crippen molar-refractivity contribution in [3.8, 4) is 28.7 Å². The Kier molecular flexibility index (Phi) is 5.41. The van der Waals surface area contributed by atoms with E-state index in [1.807, 2.05) is 19.1 Å². The number of rotatable bonds is 5. The van der Waals surface area contributed by atoms with Gasteiger partial charge in [-0.15, -0.1) is 0 Å². The van der Waals surface area contributed by atoms with Gasteiger partial charge in [-0.1, -0.05) is 0 Å². The molecule has 3 rings (SSSR count). The van der Waals surface area contributed by atoms with Gasteiger partial charge < -0.3 is 20.3 Å². The number of ether oxygens (including phenoxy) is 2. The molecule has 0 amide bonds. The van der Waals surface area contributed by atoms with Gasteiger partial charge in [-0.25, -0.2) is 4.98 Å². The number of nitrogens with two attached hydrogens (primary N) is 1. The van der Waals surface area contributed by atoms with E-state index in [1.165, 1.54) is 0 Å². The third kappa shape index (κ3) is 3.33. The van der Waals surface area contributed by atoms with Crippen LogP contribution in [0.3, 0.4) is 0 Å². The normalized spacial score (nSPS) is 15.4. The Morgan fingerprint density at radius 3 is 2.75 bits per heavy atom. The molecule has 1 heterocycles. The van der Waals surface area contributed by atoms with Crippen molar-refractivity contribution in [1.29, 1.82) is 5.26 Å². The highest BCUT2D eigenvalue weighted by Crippen LogP contribution is 2.44. The predicted octanol–water partition coefficient (Wildman–Crippen LogP) is 3.11. The summed E-state index contributed by atoms with van der Waals surface area (Å²) < 4.78 is 11.0. The number of nitriles is 1. The van der Waals surface area contributed by atoms with Crippen molar-refractivity contribution in [2.75, 3.05) is 20.0 Å². The molecule has 0 saturated heterocycles. The van der Waals surface area contributed by atoms with E-state index in [1.54, 1.807) is 14.2 Å². The van der Waals surface area contributed by atoms with Gasteiger partial charge in [0.25, 0.3) is 0 Å². The first-order valence-electron chi connectivity index (χ1n) is 9.06. The van der Waals surface area contributed by atoms with Gasteiger partial charge in [-0.3, -0.25) is 4.79 Å². The number of carboxylic acid groups (broad SMARTS) is 1. The summed E-state index contributed by atoms with van der Waals surface area (Å²) in [6.45, 7) is 1.89. The van der Waals surface area contributed by atoms with Crippen LogP contribution in [0.2, 0.25) is 0 Å². The molecule has 2 aromatic rings. The predicted molar refractivity (Wildman–Crippen MR) is 104 cm³/mol. The second-order valence-electron chi connectivity index (χ2n) is 6.96. The maximum absolute atomic E-state index is 11.2. The fourth-order valence-corrected chi connectivity index (χ4v) is 4.04. The highest BCUT2D eigenvalue weighted by Gasteiger charge is 2.29. The first-order valence-corrected chi connectivity index (χ1v) is 9.06. The number of nitrogens with zero attached hydrogens (tertiary/aromatic N) is 2. The summed E-state index contributed by atoms with van der Waals surface area (Å²) in [4.78, 5) is 15.6. The van der Waals surface area contributed by atoms with Crippen LogP contribution < -0.4 is 15.2 Å². The van der Waals surface area contributed by atoms with Crippen molar-refractivity contribution in [2.24, 2.45) is 5.92 Å². The van der Waals surface area contributed by atoms with Crippen molar-refractivity contribution >= 4 is 11.8 Å². The second kappa shape index (κ2) is 7.77. The minimum atomic E-state index is -0.822. The molecule has 1 aliphatic carbocycles. The molecule has 1 aliphatic rings. The van der Waals surface area contributed by atoms with Crippen LogP contribution >= 0.6 is 0 Å². The lowest BCUT2D eigenvalue weighted by Crippen LogP contribution is -2.21. The largest absolute Gasteiger partial charge is 0.496 e. The number of aromatic nitrogens is 1. The van der Waals surface area contributed by atoms with Crippen LogP contribution in [0.1, 0.15) is 35.2 Å². The van der Waals surface area contributed by atoms with E-state index in [9.17, 15) is 15.2 Å². The second-order valence-corrected chi connectivity index (χ2v) is 6.96. The number of fused-ring (bicyclic) bond motifs is 1. The minimum absolute atomic E-state index is 0.00828. The number of hydrogen-bond donors (Lipinski definition) is 2. The first kappa shape index (κ1) is 19.5. The first-order chi connectivity index (χ1) is 13.4. The Hall–Kier alpha value is -3.27. The zero-order valence-corrected chi connectivity index (χ0v) is 16.2. The number of aliphatic carboxylic acids is 1. The Morgan fingerprint density at radius 1 is 1.39 bits per heavy atom. The third-order valence-corrected chi connectivity index (χ3v) is 5.32. The summed E-state index contributed by atoms with van der Waals surface area (Å²) in [5, 5.41) is 19.0. The number of carbonyl (C=O) groups is 1. The van der Waals surface area contributed by atoms with Gasteiger partial charge in [0.15, 0.2) is 0 Å². The average molecular weight is 381 g/mol. The third-order valence-electron chi connectivity index (χ3n) is 5.32. The summed E-state index contributed by atoms with van der Waals surface area (Å²) >= 11 is 0. The van der Waals surface area contributed by atoms with E-state index in [0.717, 1.165) is 28.8 Å². The number of pyridine rings is 1. The molecular weight excluding hydrogens is 358 g/mol. The number of anilines is 1. The molecule has 28 heavy (non-hydrogen) atoms. The van der Waals surface area contributed by atoms with Crippen LogP contribution in [0.4, 0.5) is 5.82 Å². The Morgan fingerprint density at radius 2 is 2.14 bits per heavy atom. The molecule has 146 valence electrons. The zero-order valence-electron chi connectivity index (χ0n) is 16.2. The Bertz CT molecular complexity index is 979. The lowest BCUT2D eigenvalue weighted by molar-refractivity contribution is -0.138. The molecule has 1 unspecified atom stereocenters. The van der Waals surface area contributed by atoms with Gasteiger partial charge in [-0.2, -0.15) is 5.26 Å². The van der Waals surface area contributed by atoms with Crippen LogP contribution in [-0.4, -0.2) is 30.3 Å². The molecule has 1 atom stereocenters. The number of carboxylic acids is 1. The molecule has 0 saturated carbocycles. The minimum Gasteiger partial charge on any atom is -0.496 e. The quantitative estimate of drug-likeness (QED) is 0.817. The van der Waals surface area contributed by atoms with Gasteiger partial charge >= 0.3 is 5.97 Å². The average Bonchev–Trinajstić information content (AvgIpc) is 2.66. The van der Waals surface area contributed by atoms with Gasteiger partial charge in [-0.05, 0) is 49.8 Å². The van der Waals surface area contributed by atoms with E-state index in [4.69, 9.17) is 15.2 Å². The molecule has 7 heteroatoms. The molecule has 0 bridgehead atoms. The molecule has 0 radical (unpaired) electrons. The van der Waals surface area contributed by atoms with E-state index < -0.39 is 5.97 Å². The summed E-state index contributed by atoms with van der Waals surface area (Å²) in [5.74, 6) is 0.633. The maximum atomic E-state index is 11.2. The van der Waals surface area contributed by atoms with Crippen LogP contribution in [0.5, 0.6) is 11.5 Å². The fourth-order valence-electron chi connectivity index (χ4n) is 4.04. The molecular formula is C21H23N3O4. The number of benzene rings is 1. The molecule has 3 N–H and O–H groups in total. The number of hydrogen-bond acceptors (Lipinski definition) is 6. The van der Waals surface area contributed by atoms with Crippen molar-refractivity contribution < 1.29 is 19.4 Å². The summed E-state index contributed by atoms with van der Waals surface area (Å²) in [5.41, 5.74) is 10.3. The molecule has 0 aliphatic heterocycles.